The fourth-order valence-electron chi connectivity index (χ4n) is 12.8. The Morgan fingerprint density at radius 3 is 0.921 bits per heavy atom. The lowest BCUT2D eigenvalue weighted by molar-refractivity contribution is 1.07. The molecular formula is C69H41N7. The monoisotopic (exact) mass is 967 g/mol. The fraction of sp³-hybridized carbons (Fsp3) is 0. The van der Waals surface area contributed by atoms with Gasteiger partial charge in [-0.2, -0.15) is 0 Å². The summed E-state index contributed by atoms with van der Waals surface area (Å²) in [6.07, 6.45) is 0. The quantitative estimate of drug-likeness (QED) is 0.167. The highest BCUT2D eigenvalue weighted by molar-refractivity contribution is 6.32. The summed E-state index contributed by atoms with van der Waals surface area (Å²) in [5, 5.41) is 11.8. The van der Waals surface area contributed by atoms with Crippen molar-refractivity contribution in [3.05, 3.63) is 249 Å². The van der Waals surface area contributed by atoms with Crippen molar-refractivity contribution in [1.29, 1.82) is 0 Å². The molecule has 17 rings (SSSR count). The predicted octanol–water partition coefficient (Wildman–Crippen LogP) is 17.3. The molecule has 0 unspecified atom stereocenters. The molecule has 0 spiro atoms. The van der Waals surface area contributed by atoms with E-state index in [1.807, 2.05) is 36.4 Å². The van der Waals surface area contributed by atoms with Crippen LogP contribution in [0.1, 0.15) is 0 Å². The van der Waals surface area contributed by atoms with Crippen LogP contribution >= 0.6 is 0 Å². The number of fused-ring (bicyclic) bond motifs is 15. The lowest BCUT2D eigenvalue weighted by atomic mass is 10.00. The third-order valence-electron chi connectivity index (χ3n) is 15.9. The van der Waals surface area contributed by atoms with Crippen LogP contribution in [0.2, 0.25) is 0 Å². The van der Waals surface area contributed by atoms with Gasteiger partial charge < -0.3 is 18.1 Å². The highest BCUT2D eigenvalue weighted by Crippen LogP contribution is 2.53. The van der Waals surface area contributed by atoms with Crippen LogP contribution in [0.3, 0.4) is 0 Å². The minimum atomic E-state index is 0.610. The Morgan fingerprint density at radius 1 is 0.224 bits per heavy atom. The molecule has 0 aliphatic carbocycles. The summed E-state index contributed by atoms with van der Waals surface area (Å²) in [4.78, 5) is 15.6. The molecule has 0 aliphatic heterocycles. The van der Waals surface area contributed by atoms with Crippen molar-refractivity contribution in [2.24, 2.45) is 0 Å². The van der Waals surface area contributed by atoms with Crippen molar-refractivity contribution in [3.63, 3.8) is 0 Å². The zero-order valence-electron chi connectivity index (χ0n) is 40.8. The van der Waals surface area contributed by atoms with E-state index in [1.165, 1.54) is 43.1 Å². The van der Waals surface area contributed by atoms with Gasteiger partial charge in [0.2, 0.25) is 0 Å². The highest BCUT2D eigenvalue weighted by atomic mass is 15.1. The molecule has 6 heterocycles. The molecule has 0 N–H and O–H groups in total. The minimum absolute atomic E-state index is 0.610. The maximum absolute atomic E-state index is 5.27. The lowest BCUT2D eigenvalue weighted by Crippen LogP contribution is -2.10. The summed E-state index contributed by atoms with van der Waals surface area (Å²) in [6.45, 7) is 0. The summed E-state index contributed by atoms with van der Waals surface area (Å²) in [5.74, 6) is 1.86. The molecule has 11 aromatic carbocycles. The van der Waals surface area contributed by atoms with Gasteiger partial charge in [-0.25, -0.2) is 15.0 Å². The largest absolute Gasteiger partial charge is 0.308 e. The van der Waals surface area contributed by atoms with E-state index in [9.17, 15) is 0 Å². The molecular weight excluding hydrogens is 927 g/mol. The second kappa shape index (κ2) is 15.6. The minimum Gasteiger partial charge on any atom is -0.308 e. The number of aromatic nitrogens is 7. The first-order valence-electron chi connectivity index (χ1n) is 25.9. The zero-order chi connectivity index (χ0) is 49.6. The summed E-state index contributed by atoms with van der Waals surface area (Å²) in [5.41, 5.74) is 16.2. The molecule has 0 bridgehead atoms. The van der Waals surface area contributed by atoms with Crippen LogP contribution in [0.25, 0.3) is 155 Å². The SMILES string of the molecule is c1ccc(-c2nc(-c3ccccc3)nc(-c3ccc4c5c(-n6c7ccccc7c7ccccc76)c(-n6c7ccccc7c7ccccc76)c(-n6c7ccccc7c7ccccc76)c6c7ccccc7n(c4c3)c65)n2)cc1. The first-order chi connectivity index (χ1) is 37.8. The van der Waals surface area contributed by atoms with Gasteiger partial charge in [0, 0.05) is 70.6 Å². The number of para-hydroxylation sites is 7. The smallest absolute Gasteiger partial charge is 0.164 e. The average molecular weight is 968 g/mol. The molecule has 352 valence electrons. The third-order valence-corrected chi connectivity index (χ3v) is 15.9. The van der Waals surface area contributed by atoms with Crippen molar-refractivity contribution in [1.82, 2.24) is 33.1 Å². The van der Waals surface area contributed by atoms with Gasteiger partial charge >= 0.3 is 0 Å². The van der Waals surface area contributed by atoms with E-state index in [0.717, 1.165) is 94.2 Å². The predicted molar refractivity (Wildman–Crippen MR) is 314 cm³/mol. The third kappa shape index (κ3) is 5.57. The van der Waals surface area contributed by atoms with E-state index in [1.54, 1.807) is 0 Å². The Morgan fingerprint density at radius 2 is 0.526 bits per heavy atom. The van der Waals surface area contributed by atoms with Gasteiger partial charge in [-0.05, 0) is 48.5 Å². The van der Waals surface area contributed by atoms with Gasteiger partial charge in [-0.3, -0.25) is 0 Å². The molecule has 17 aromatic rings. The van der Waals surface area contributed by atoms with Crippen LogP contribution in [0.4, 0.5) is 0 Å². The normalized spacial score (nSPS) is 12.2. The zero-order valence-corrected chi connectivity index (χ0v) is 40.8. The Balaban J connectivity index is 1.13. The van der Waals surface area contributed by atoms with Crippen LogP contribution in [0.15, 0.2) is 249 Å². The first kappa shape index (κ1) is 41.1. The van der Waals surface area contributed by atoms with E-state index in [-0.39, 0.29) is 0 Å². The molecule has 0 radical (unpaired) electrons. The van der Waals surface area contributed by atoms with Gasteiger partial charge in [0.05, 0.1) is 66.7 Å². The van der Waals surface area contributed by atoms with Crippen molar-refractivity contribution in [2.75, 3.05) is 0 Å². The van der Waals surface area contributed by atoms with Gasteiger partial charge in [-0.1, -0.05) is 200 Å². The maximum atomic E-state index is 5.27. The first-order valence-corrected chi connectivity index (χ1v) is 25.9. The van der Waals surface area contributed by atoms with Crippen molar-refractivity contribution >= 4 is 104 Å². The van der Waals surface area contributed by atoms with Crippen molar-refractivity contribution in [2.45, 2.75) is 0 Å². The van der Waals surface area contributed by atoms with Gasteiger partial charge in [-0.15, -0.1) is 0 Å². The van der Waals surface area contributed by atoms with Crippen LogP contribution < -0.4 is 0 Å². The van der Waals surface area contributed by atoms with E-state index in [4.69, 9.17) is 15.0 Å². The summed E-state index contributed by atoms with van der Waals surface area (Å²) in [6, 6.07) is 89.9. The van der Waals surface area contributed by atoms with Gasteiger partial charge in [0.15, 0.2) is 17.5 Å². The summed E-state index contributed by atoms with van der Waals surface area (Å²) < 4.78 is 10.3. The Bertz CT molecular complexity index is 5010. The fourth-order valence-corrected chi connectivity index (χ4v) is 12.8. The number of nitrogens with zero attached hydrogens (tertiary/aromatic N) is 7. The molecule has 0 atom stereocenters. The second-order valence-electron chi connectivity index (χ2n) is 19.9. The molecule has 0 saturated heterocycles. The summed E-state index contributed by atoms with van der Waals surface area (Å²) >= 11 is 0. The number of benzene rings is 11. The Kier molecular flexibility index (Phi) is 8.43. The highest BCUT2D eigenvalue weighted by Gasteiger charge is 2.33. The number of hydrogen-bond donors (Lipinski definition) is 0. The molecule has 0 saturated carbocycles. The molecule has 0 fully saturated rings. The molecule has 7 nitrogen and oxygen atoms in total. The van der Waals surface area contributed by atoms with Crippen LogP contribution in [-0.4, -0.2) is 33.1 Å². The van der Waals surface area contributed by atoms with E-state index in [2.05, 4.69) is 230 Å². The maximum Gasteiger partial charge on any atom is 0.164 e. The molecule has 76 heavy (non-hydrogen) atoms. The molecule has 6 aromatic heterocycles. The van der Waals surface area contributed by atoms with Crippen molar-refractivity contribution in [3.8, 4) is 51.2 Å². The Hall–Kier alpha value is -10.4. The number of rotatable bonds is 6. The topological polar surface area (TPSA) is 57.9 Å². The molecule has 0 aliphatic rings. The number of hydrogen-bond acceptors (Lipinski definition) is 3. The van der Waals surface area contributed by atoms with Crippen LogP contribution in [0, 0.1) is 0 Å². The summed E-state index contributed by atoms with van der Waals surface area (Å²) in [7, 11) is 0. The lowest BCUT2D eigenvalue weighted by Gasteiger charge is -2.24. The van der Waals surface area contributed by atoms with Crippen molar-refractivity contribution < 1.29 is 0 Å². The van der Waals surface area contributed by atoms with E-state index >= 15 is 0 Å². The Labute approximate surface area is 434 Å². The van der Waals surface area contributed by atoms with Crippen LogP contribution in [-0.2, 0) is 0 Å². The van der Waals surface area contributed by atoms with Crippen LogP contribution in [0.5, 0.6) is 0 Å². The van der Waals surface area contributed by atoms with Gasteiger partial charge in [0.25, 0.3) is 0 Å². The molecule has 7 heteroatoms. The van der Waals surface area contributed by atoms with E-state index < -0.39 is 0 Å². The van der Waals surface area contributed by atoms with Gasteiger partial charge in [0.1, 0.15) is 0 Å². The standard InChI is InChI=1S/C69H41N7/c1-3-21-42(22-4-1)67-70-68(43-23-5-2-6-24-43)72-69(71-67)44-39-40-52-60(41-44)76-59-38-20-13-31-51(59)61-63(76)62(52)65(74-55-34-16-9-27-47(55)48-28-10-17-35-56(48)74)66(75-57-36-18-11-29-49(57)50-30-12-19-37-58(50)75)64(61)73-53-32-14-7-25-45(53)46-26-8-15-33-54(46)73/h1-41H. The van der Waals surface area contributed by atoms with E-state index in [0.29, 0.717) is 17.5 Å². The average Bonchev–Trinajstić information content (AvgIpc) is 4.26. The second-order valence-corrected chi connectivity index (χ2v) is 19.9. The molecule has 0 amide bonds.